The molecule has 4 atom stereocenters. The molecule has 2 aliphatic heterocycles. The number of nitriles is 3. The van der Waals surface area contributed by atoms with Gasteiger partial charge in [-0.25, -0.2) is 0 Å². The first-order valence-corrected chi connectivity index (χ1v) is 9.72. The molecule has 4 unspecified atom stereocenters. The van der Waals surface area contributed by atoms with Gasteiger partial charge in [-0.1, -0.05) is 44.9 Å². The minimum absolute atomic E-state index is 0.257. The quantitative estimate of drug-likeness (QED) is 0.700. The summed E-state index contributed by atoms with van der Waals surface area (Å²) in [6.07, 6.45) is 9.10. The van der Waals surface area contributed by atoms with E-state index in [2.05, 4.69) is 18.2 Å². The Bertz CT molecular complexity index is 686. The van der Waals surface area contributed by atoms with E-state index in [9.17, 15) is 15.8 Å². The molecule has 26 heavy (non-hydrogen) atoms. The first kappa shape index (κ1) is 18.7. The van der Waals surface area contributed by atoms with E-state index in [4.69, 9.17) is 14.9 Å². The van der Waals surface area contributed by atoms with Crippen LogP contribution in [0.5, 0.6) is 0 Å². The van der Waals surface area contributed by atoms with Crippen molar-refractivity contribution in [3.05, 3.63) is 0 Å². The third kappa shape index (κ3) is 2.34. The van der Waals surface area contributed by atoms with Crippen molar-refractivity contribution in [3.8, 4) is 18.2 Å². The Balaban J connectivity index is 2.09. The summed E-state index contributed by atoms with van der Waals surface area (Å²) in [6.45, 7) is 1.66. The van der Waals surface area contributed by atoms with E-state index in [-0.39, 0.29) is 5.90 Å². The van der Waals surface area contributed by atoms with Gasteiger partial charge in [0.05, 0.1) is 30.2 Å². The number of hydrogen-bond acceptors (Lipinski definition) is 6. The second kappa shape index (κ2) is 6.90. The first-order valence-electron chi connectivity index (χ1n) is 9.72. The van der Waals surface area contributed by atoms with Crippen LogP contribution in [0.2, 0.25) is 0 Å². The van der Waals surface area contributed by atoms with Crippen LogP contribution in [0, 0.1) is 56.2 Å². The lowest BCUT2D eigenvalue weighted by molar-refractivity contribution is -0.280. The molecule has 0 amide bonds. The van der Waals surface area contributed by atoms with Gasteiger partial charge in [-0.05, 0) is 19.8 Å². The van der Waals surface area contributed by atoms with Crippen LogP contribution in [0.3, 0.4) is 0 Å². The number of rotatable bonds is 0. The van der Waals surface area contributed by atoms with E-state index >= 15 is 0 Å². The van der Waals surface area contributed by atoms with Crippen LogP contribution in [-0.2, 0) is 9.47 Å². The molecule has 2 heterocycles. The van der Waals surface area contributed by atoms with E-state index in [0.29, 0.717) is 12.8 Å². The van der Waals surface area contributed by atoms with Gasteiger partial charge in [0.1, 0.15) is 0 Å². The van der Waals surface area contributed by atoms with E-state index in [0.717, 1.165) is 38.5 Å². The Kier molecular flexibility index (Phi) is 4.96. The molecule has 138 valence electrons. The second-order valence-electron chi connectivity index (χ2n) is 7.87. The topological polar surface area (TPSA) is 114 Å². The van der Waals surface area contributed by atoms with Gasteiger partial charge < -0.3 is 9.47 Å². The summed E-state index contributed by atoms with van der Waals surface area (Å²) in [5.41, 5.74) is -3.28. The zero-order valence-corrected chi connectivity index (χ0v) is 15.4. The van der Waals surface area contributed by atoms with Crippen LogP contribution in [0.1, 0.15) is 71.1 Å². The lowest BCUT2D eigenvalue weighted by atomic mass is 9.53. The standard InChI is InChI=1S/C20H26N4O2/c1-15-18(12-21,13-22)19(14-23)16-10-8-6-4-2-3-5-7-9-11-20(16,25-15)26-17(19)24/h15-16,24H,2-11H2,1H3. The minimum Gasteiger partial charge on any atom is -0.447 e. The zero-order valence-electron chi connectivity index (χ0n) is 15.4. The van der Waals surface area contributed by atoms with Crippen molar-refractivity contribution in [2.45, 2.75) is 83.0 Å². The smallest absolute Gasteiger partial charge is 0.217 e. The Hall–Kier alpha value is -2.10. The van der Waals surface area contributed by atoms with Crippen molar-refractivity contribution < 1.29 is 9.47 Å². The monoisotopic (exact) mass is 354 g/mol. The molecule has 0 radical (unpaired) electrons. The number of nitrogens with zero attached hydrogens (tertiary/aromatic N) is 3. The van der Waals surface area contributed by atoms with Gasteiger partial charge in [-0.2, -0.15) is 15.8 Å². The molecule has 2 saturated heterocycles. The molecular weight excluding hydrogens is 328 g/mol. The largest absolute Gasteiger partial charge is 0.447 e. The van der Waals surface area contributed by atoms with Gasteiger partial charge >= 0.3 is 0 Å². The molecule has 2 bridgehead atoms. The molecular formula is C20H26N4O2. The van der Waals surface area contributed by atoms with E-state index in [1.54, 1.807) is 6.92 Å². The van der Waals surface area contributed by atoms with Gasteiger partial charge in [-0.15, -0.1) is 0 Å². The molecule has 6 nitrogen and oxygen atoms in total. The van der Waals surface area contributed by atoms with Crippen LogP contribution in [0.4, 0.5) is 0 Å². The number of ether oxygens (including phenoxy) is 2. The first-order chi connectivity index (χ1) is 12.5. The van der Waals surface area contributed by atoms with Crippen molar-refractivity contribution in [3.63, 3.8) is 0 Å². The Morgan fingerprint density at radius 3 is 2.08 bits per heavy atom. The van der Waals surface area contributed by atoms with Gasteiger partial charge in [0.25, 0.3) is 0 Å². The van der Waals surface area contributed by atoms with Crippen LogP contribution < -0.4 is 0 Å². The predicted molar refractivity (Wildman–Crippen MR) is 93.5 cm³/mol. The van der Waals surface area contributed by atoms with Crippen molar-refractivity contribution in [2.75, 3.05) is 0 Å². The molecule has 3 fully saturated rings. The molecule has 3 rings (SSSR count). The van der Waals surface area contributed by atoms with Gasteiger partial charge in [-0.3, -0.25) is 5.41 Å². The summed E-state index contributed by atoms with van der Waals surface area (Å²) in [7, 11) is 0. The predicted octanol–water partition coefficient (Wildman–Crippen LogP) is 4.18. The molecule has 0 aromatic carbocycles. The summed E-state index contributed by atoms with van der Waals surface area (Å²) >= 11 is 0. The normalized spacial score (nSPS) is 39.7. The highest BCUT2D eigenvalue weighted by Crippen LogP contribution is 2.64. The lowest BCUT2D eigenvalue weighted by Gasteiger charge is -2.49. The molecule has 1 saturated carbocycles. The zero-order chi connectivity index (χ0) is 18.8. The summed E-state index contributed by atoms with van der Waals surface area (Å²) in [5, 5.41) is 38.4. The highest BCUT2D eigenvalue weighted by molar-refractivity contribution is 5.89. The molecule has 1 aliphatic carbocycles. The third-order valence-corrected chi connectivity index (χ3v) is 6.59. The molecule has 0 aromatic rings. The van der Waals surface area contributed by atoms with Crippen LogP contribution in [-0.4, -0.2) is 17.8 Å². The van der Waals surface area contributed by atoms with Crippen molar-refractivity contribution in [2.24, 2.45) is 16.7 Å². The summed E-state index contributed by atoms with van der Waals surface area (Å²) in [5.74, 6) is -1.77. The maximum Gasteiger partial charge on any atom is 0.217 e. The summed E-state index contributed by atoms with van der Waals surface area (Å²) in [6, 6.07) is 6.32. The van der Waals surface area contributed by atoms with Crippen LogP contribution in [0.15, 0.2) is 0 Å². The highest BCUT2D eigenvalue weighted by Gasteiger charge is 2.78. The number of nitrogens with one attached hydrogen (secondary N) is 1. The lowest BCUT2D eigenvalue weighted by Crippen LogP contribution is -2.61. The average molecular weight is 354 g/mol. The maximum atomic E-state index is 10.1. The molecule has 3 aliphatic rings. The SMILES string of the molecule is CC1OC23CCCCCCCCCCC2C(C#N)(C(=N)O3)C1(C#N)C#N. The third-order valence-electron chi connectivity index (χ3n) is 6.59. The minimum atomic E-state index is -1.72. The van der Waals surface area contributed by atoms with Crippen LogP contribution >= 0.6 is 0 Å². The summed E-state index contributed by atoms with van der Waals surface area (Å²) < 4.78 is 12.1. The maximum absolute atomic E-state index is 10.1. The fourth-order valence-corrected chi connectivity index (χ4v) is 5.18. The Morgan fingerprint density at radius 1 is 0.923 bits per heavy atom. The molecule has 0 spiro atoms. The Labute approximate surface area is 155 Å². The summed E-state index contributed by atoms with van der Waals surface area (Å²) in [4.78, 5) is 0. The van der Waals surface area contributed by atoms with E-state index < -0.39 is 28.6 Å². The van der Waals surface area contributed by atoms with Crippen molar-refractivity contribution in [1.82, 2.24) is 0 Å². The second-order valence-corrected chi connectivity index (χ2v) is 7.87. The van der Waals surface area contributed by atoms with Crippen molar-refractivity contribution >= 4 is 5.90 Å². The molecule has 1 N–H and O–H groups in total. The average Bonchev–Trinajstić information content (AvgIpc) is 2.81. The van der Waals surface area contributed by atoms with E-state index in [1.807, 2.05) is 0 Å². The molecule has 0 aromatic heterocycles. The van der Waals surface area contributed by atoms with Crippen molar-refractivity contribution in [1.29, 1.82) is 21.2 Å². The van der Waals surface area contributed by atoms with Gasteiger partial charge in [0.15, 0.2) is 10.8 Å². The van der Waals surface area contributed by atoms with Crippen LogP contribution in [0.25, 0.3) is 0 Å². The highest BCUT2D eigenvalue weighted by atomic mass is 16.7. The van der Waals surface area contributed by atoms with Gasteiger partial charge in [0.2, 0.25) is 11.7 Å². The fourth-order valence-electron chi connectivity index (χ4n) is 5.18. The Morgan fingerprint density at radius 2 is 1.50 bits per heavy atom. The number of hydrogen-bond donors (Lipinski definition) is 1. The van der Waals surface area contributed by atoms with E-state index in [1.165, 1.54) is 12.8 Å². The molecule has 6 heteroatoms. The van der Waals surface area contributed by atoms with Gasteiger partial charge in [0, 0.05) is 6.42 Å². The fraction of sp³-hybridized carbons (Fsp3) is 0.800.